The van der Waals surface area contributed by atoms with Crippen LogP contribution >= 0.6 is 11.3 Å². The molecule has 0 radical (unpaired) electrons. The Labute approximate surface area is 125 Å². The fourth-order valence-corrected chi connectivity index (χ4v) is 4.23. The van der Waals surface area contributed by atoms with Crippen molar-refractivity contribution in [2.75, 3.05) is 0 Å². The van der Waals surface area contributed by atoms with Gasteiger partial charge in [-0.2, -0.15) is 16.3 Å². The Bertz CT molecular complexity index is 654. The van der Waals surface area contributed by atoms with E-state index >= 15 is 0 Å². The van der Waals surface area contributed by atoms with Crippen molar-refractivity contribution in [2.24, 2.45) is 5.92 Å². The average molecular weight is 305 g/mol. The third-order valence-corrected chi connectivity index (χ3v) is 5.25. The van der Waals surface area contributed by atoms with Gasteiger partial charge in [-0.05, 0) is 30.7 Å². The van der Waals surface area contributed by atoms with Gasteiger partial charge in [0.1, 0.15) is 0 Å². The second-order valence-corrected chi connectivity index (χ2v) is 6.46. The molecule has 0 saturated carbocycles. The first-order chi connectivity index (χ1) is 10.2. The lowest BCUT2D eigenvalue weighted by Crippen LogP contribution is -2.32. The van der Waals surface area contributed by atoms with Gasteiger partial charge in [0, 0.05) is 23.0 Å². The van der Waals surface area contributed by atoms with Gasteiger partial charge < -0.3 is 9.63 Å². The maximum Gasteiger partial charge on any atom is 0.308 e. The first kappa shape index (κ1) is 13.0. The van der Waals surface area contributed by atoms with E-state index in [4.69, 9.17) is 4.52 Å². The van der Waals surface area contributed by atoms with Crippen LogP contribution in [-0.4, -0.2) is 38.2 Å². The maximum atomic E-state index is 11.3. The van der Waals surface area contributed by atoms with Crippen LogP contribution in [0.5, 0.6) is 0 Å². The summed E-state index contributed by atoms with van der Waals surface area (Å²) in [6.45, 7) is 0.552. The zero-order valence-electron chi connectivity index (χ0n) is 11.3. The van der Waals surface area contributed by atoms with Crippen LogP contribution < -0.4 is 0 Å². The summed E-state index contributed by atoms with van der Waals surface area (Å²) < 4.78 is 5.32. The highest BCUT2D eigenvalue weighted by Crippen LogP contribution is 2.42. The highest BCUT2D eigenvalue weighted by molar-refractivity contribution is 7.08. The van der Waals surface area contributed by atoms with Gasteiger partial charge >= 0.3 is 5.97 Å². The molecule has 21 heavy (non-hydrogen) atoms. The van der Waals surface area contributed by atoms with E-state index in [1.165, 1.54) is 0 Å². The molecule has 3 unspecified atom stereocenters. The lowest BCUT2D eigenvalue weighted by Gasteiger charge is -2.20. The Morgan fingerprint density at radius 1 is 1.52 bits per heavy atom. The quantitative estimate of drug-likeness (QED) is 0.933. The van der Waals surface area contributed by atoms with E-state index in [1.807, 2.05) is 16.8 Å². The van der Waals surface area contributed by atoms with E-state index in [0.717, 1.165) is 24.8 Å². The zero-order valence-corrected chi connectivity index (χ0v) is 12.1. The Morgan fingerprint density at radius 3 is 3.14 bits per heavy atom. The van der Waals surface area contributed by atoms with E-state index in [-0.39, 0.29) is 12.0 Å². The molecule has 2 aliphatic rings. The lowest BCUT2D eigenvalue weighted by molar-refractivity contribution is -0.142. The average Bonchev–Trinajstić information content (AvgIpc) is 3.22. The predicted octanol–water partition coefficient (Wildman–Crippen LogP) is 2.24. The van der Waals surface area contributed by atoms with Gasteiger partial charge in [-0.1, -0.05) is 5.16 Å². The van der Waals surface area contributed by atoms with Crippen molar-refractivity contribution in [3.63, 3.8) is 0 Å². The molecule has 0 aliphatic carbocycles. The van der Waals surface area contributed by atoms with Crippen molar-refractivity contribution >= 4 is 17.3 Å². The van der Waals surface area contributed by atoms with Crippen LogP contribution in [-0.2, 0) is 11.3 Å². The van der Waals surface area contributed by atoms with Crippen molar-refractivity contribution < 1.29 is 14.4 Å². The summed E-state index contributed by atoms with van der Waals surface area (Å²) in [5.74, 6) is 0.242. The topological polar surface area (TPSA) is 79.5 Å². The summed E-state index contributed by atoms with van der Waals surface area (Å²) >= 11 is 1.59. The van der Waals surface area contributed by atoms with E-state index < -0.39 is 5.97 Å². The Hall–Kier alpha value is -1.73. The van der Waals surface area contributed by atoms with Crippen molar-refractivity contribution in [2.45, 2.75) is 37.9 Å². The molecule has 4 heterocycles. The molecule has 1 N–H and O–H groups in total. The fraction of sp³-hybridized carbons (Fsp3) is 0.500. The Kier molecular flexibility index (Phi) is 3.04. The highest BCUT2D eigenvalue weighted by Gasteiger charge is 2.49. The van der Waals surface area contributed by atoms with Crippen LogP contribution in [0.4, 0.5) is 0 Å². The first-order valence-electron chi connectivity index (χ1n) is 7.06. The molecule has 110 valence electrons. The number of fused-ring (bicyclic) bond motifs is 2. The highest BCUT2D eigenvalue weighted by atomic mass is 32.1. The van der Waals surface area contributed by atoms with Gasteiger partial charge in [-0.15, -0.1) is 0 Å². The number of nitrogens with zero attached hydrogens (tertiary/aromatic N) is 3. The number of rotatable bonds is 4. The molecular formula is C14H15N3O3S. The third kappa shape index (κ3) is 2.16. The molecule has 4 rings (SSSR count). The van der Waals surface area contributed by atoms with Crippen LogP contribution in [0.2, 0.25) is 0 Å². The van der Waals surface area contributed by atoms with E-state index in [9.17, 15) is 9.90 Å². The third-order valence-electron chi connectivity index (χ3n) is 4.56. The predicted molar refractivity (Wildman–Crippen MR) is 75.7 cm³/mol. The molecule has 2 aromatic heterocycles. The molecule has 0 aromatic carbocycles. The monoisotopic (exact) mass is 305 g/mol. The van der Waals surface area contributed by atoms with Gasteiger partial charge in [0.05, 0.1) is 12.5 Å². The van der Waals surface area contributed by atoms with Gasteiger partial charge in [-0.3, -0.25) is 9.69 Å². The van der Waals surface area contributed by atoms with Crippen LogP contribution in [0.1, 0.15) is 25.2 Å². The van der Waals surface area contributed by atoms with Gasteiger partial charge in [-0.25, -0.2) is 0 Å². The summed E-state index contributed by atoms with van der Waals surface area (Å²) in [6, 6.07) is 2.41. The lowest BCUT2D eigenvalue weighted by atomic mass is 9.89. The Morgan fingerprint density at radius 2 is 2.43 bits per heavy atom. The normalized spacial score (nSPS) is 28.3. The Balaban J connectivity index is 1.51. The van der Waals surface area contributed by atoms with E-state index in [1.54, 1.807) is 11.3 Å². The van der Waals surface area contributed by atoms with Crippen LogP contribution in [0, 0.1) is 5.92 Å². The molecule has 0 amide bonds. The van der Waals surface area contributed by atoms with E-state index in [0.29, 0.717) is 24.3 Å². The number of thiophene rings is 1. The van der Waals surface area contributed by atoms with Crippen molar-refractivity contribution in [1.29, 1.82) is 0 Å². The van der Waals surface area contributed by atoms with Gasteiger partial charge in [0.25, 0.3) is 0 Å². The second kappa shape index (κ2) is 4.92. The number of hydrogen-bond donors (Lipinski definition) is 1. The number of carboxylic acids is 1. The molecule has 7 heteroatoms. The molecule has 0 spiro atoms. The second-order valence-electron chi connectivity index (χ2n) is 5.68. The molecule has 2 bridgehead atoms. The minimum atomic E-state index is -0.684. The maximum absolute atomic E-state index is 11.3. The van der Waals surface area contributed by atoms with Crippen LogP contribution in [0.25, 0.3) is 11.4 Å². The number of carbonyl (C=O) groups is 1. The number of aromatic nitrogens is 2. The van der Waals surface area contributed by atoms with Crippen LogP contribution in [0.3, 0.4) is 0 Å². The minimum absolute atomic E-state index is 0.115. The van der Waals surface area contributed by atoms with Gasteiger partial charge in [0.2, 0.25) is 11.7 Å². The summed E-state index contributed by atoms with van der Waals surface area (Å²) in [5, 5.41) is 17.2. The summed E-state index contributed by atoms with van der Waals surface area (Å²) in [6.07, 6.45) is 2.76. The molecule has 2 aliphatic heterocycles. The van der Waals surface area contributed by atoms with Crippen molar-refractivity contribution in [1.82, 2.24) is 15.0 Å². The molecule has 2 saturated heterocycles. The molecule has 2 aromatic rings. The SMILES string of the molecule is O=C(O)C1CC2CCC1N2Cc1nc(-c2ccsc2)no1. The smallest absolute Gasteiger partial charge is 0.308 e. The van der Waals surface area contributed by atoms with Gasteiger partial charge in [0.15, 0.2) is 0 Å². The van der Waals surface area contributed by atoms with E-state index in [2.05, 4.69) is 15.0 Å². The fourth-order valence-electron chi connectivity index (χ4n) is 3.60. The van der Waals surface area contributed by atoms with Crippen LogP contribution in [0.15, 0.2) is 21.3 Å². The summed E-state index contributed by atoms with van der Waals surface area (Å²) in [4.78, 5) is 17.9. The largest absolute Gasteiger partial charge is 0.481 e. The minimum Gasteiger partial charge on any atom is -0.481 e. The molecule has 3 atom stereocenters. The van der Waals surface area contributed by atoms with Crippen molar-refractivity contribution in [3.05, 3.63) is 22.7 Å². The number of aliphatic carboxylic acids is 1. The standard InChI is InChI=1S/C14H15N3O3S/c18-14(19)10-5-9-1-2-11(10)17(9)6-12-15-13(16-20-12)8-3-4-21-7-8/h3-4,7,9-11H,1-2,5-6H2,(H,18,19). The first-order valence-corrected chi connectivity index (χ1v) is 8.00. The summed E-state index contributed by atoms with van der Waals surface area (Å²) in [5.41, 5.74) is 0.961. The molecule has 6 nitrogen and oxygen atoms in total. The molecular weight excluding hydrogens is 290 g/mol. The number of hydrogen-bond acceptors (Lipinski definition) is 6. The molecule has 2 fully saturated rings. The van der Waals surface area contributed by atoms with Crippen molar-refractivity contribution in [3.8, 4) is 11.4 Å². The zero-order chi connectivity index (χ0) is 14.4. The number of carboxylic acid groups (broad SMARTS) is 1. The summed E-state index contributed by atoms with van der Waals surface area (Å²) in [7, 11) is 0.